The third-order valence-corrected chi connectivity index (χ3v) is 5.41. The van der Waals surface area contributed by atoms with Crippen molar-refractivity contribution in [3.8, 4) is 16.9 Å². The SMILES string of the molecule is CC(C)(C)OC(=O)Cc1ccccc1OCc1cccc(-c2cccc([C@H](N)CO)c2Cl)c1. The van der Waals surface area contributed by atoms with Gasteiger partial charge in [-0.25, -0.2) is 0 Å². The zero-order valence-electron chi connectivity index (χ0n) is 19.2. The van der Waals surface area contributed by atoms with Gasteiger partial charge in [0, 0.05) is 11.1 Å². The molecule has 0 spiro atoms. The van der Waals surface area contributed by atoms with E-state index in [1.54, 1.807) is 0 Å². The third-order valence-electron chi connectivity index (χ3n) is 4.98. The van der Waals surface area contributed by atoms with Crippen molar-refractivity contribution in [3.05, 3.63) is 88.4 Å². The van der Waals surface area contributed by atoms with E-state index in [1.807, 2.05) is 87.5 Å². The number of halogens is 1. The molecule has 3 aromatic carbocycles. The molecule has 174 valence electrons. The lowest BCUT2D eigenvalue weighted by atomic mass is 9.98. The molecule has 0 aliphatic rings. The molecule has 0 amide bonds. The average Bonchev–Trinajstić information content (AvgIpc) is 2.77. The Hall–Kier alpha value is -2.86. The van der Waals surface area contributed by atoms with Crippen LogP contribution < -0.4 is 10.5 Å². The monoisotopic (exact) mass is 467 g/mol. The molecule has 0 aromatic heterocycles. The molecule has 3 N–H and O–H groups in total. The maximum Gasteiger partial charge on any atom is 0.310 e. The second kappa shape index (κ2) is 10.8. The second-order valence-electron chi connectivity index (χ2n) is 8.86. The van der Waals surface area contributed by atoms with Crippen LogP contribution in [0.4, 0.5) is 0 Å². The first kappa shape index (κ1) is 24.8. The van der Waals surface area contributed by atoms with Gasteiger partial charge in [-0.3, -0.25) is 4.79 Å². The highest BCUT2D eigenvalue weighted by Crippen LogP contribution is 2.33. The fraction of sp³-hybridized carbons (Fsp3) is 0.296. The number of hydrogen-bond acceptors (Lipinski definition) is 5. The molecule has 33 heavy (non-hydrogen) atoms. The van der Waals surface area contributed by atoms with Crippen molar-refractivity contribution in [3.63, 3.8) is 0 Å². The molecule has 0 heterocycles. The smallest absolute Gasteiger partial charge is 0.310 e. The van der Waals surface area contributed by atoms with Crippen molar-refractivity contribution in [2.75, 3.05) is 6.61 Å². The van der Waals surface area contributed by atoms with E-state index >= 15 is 0 Å². The number of esters is 1. The molecule has 0 fully saturated rings. The third kappa shape index (κ3) is 6.81. The van der Waals surface area contributed by atoms with Crippen LogP contribution in [0.2, 0.25) is 5.02 Å². The number of aliphatic hydroxyl groups is 1. The lowest BCUT2D eigenvalue weighted by molar-refractivity contribution is -0.153. The van der Waals surface area contributed by atoms with Crippen molar-refractivity contribution < 1.29 is 19.4 Å². The van der Waals surface area contributed by atoms with Crippen LogP contribution in [0, 0.1) is 0 Å². The Morgan fingerprint density at radius 3 is 2.52 bits per heavy atom. The first-order valence-corrected chi connectivity index (χ1v) is 11.2. The van der Waals surface area contributed by atoms with Gasteiger partial charge in [0.1, 0.15) is 18.0 Å². The van der Waals surface area contributed by atoms with Crippen LogP contribution in [0.15, 0.2) is 66.7 Å². The first-order valence-electron chi connectivity index (χ1n) is 10.8. The van der Waals surface area contributed by atoms with Gasteiger partial charge in [-0.1, -0.05) is 66.2 Å². The van der Waals surface area contributed by atoms with Crippen molar-refractivity contribution >= 4 is 17.6 Å². The molecule has 0 aliphatic heterocycles. The zero-order chi connectivity index (χ0) is 24.0. The summed E-state index contributed by atoms with van der Waals surface area (Å²) in [5.41, 5.74) is 9.64. The van der Waals surface area contributed by atoms with Crippen LogP contribution >= 0.6 is 11.6 Å². The highest BCUT2D eigenvalue weighted by molar-refractivity contribution is 6.34. The van der Waals surface area contributed by atoms with Gasteiger partial charge >= 0.3 is 5.97 Å². The van der Waals surface area contributed by atoms with Crippen LogP contribution in [0.5, 0.6) is 5.75 Å². The van der Waals surface area contributed by atoms with E-state index in [9.17, 15) is 9.90 Å². The molecule has 0 saturated carbocycles. The summed E-state index contributed by atoms with van der Waals surface area (Å²) in [6.45, 7) is 5.69. The Kier molecular flexibility index (Phi) is 8.14. The minimum atomic E-state index is -0.537. The van der Waals surface area contributed by atoms with Crippen LogP contribution in [0.1, 0.15) is 43.5 Å². The van der Waals surface area contributed by atoms with Crippen molar-refractivity contribution in [2.24, 2.45) is 5.73 Å². The Labute approximate surface area is 200 Å². The Bertz CT molecular complexity index is 1110. The number of nitrogens with two attached hydrogens (primary N) is 1. The van der Waals surface area contributed by atoms with E-state index in [0.29, 0.717) is 22.9 Å². The Morgan fingerprint density at radius 2 is 1.79 bits per heavy atom. The molecule has 3 rings (SSSR count). The minimum Gasteiger partial charge on any atom is -0.489 e. The minimum absolute atomic E-state index is 0.140. The van der Waals surface area contributed by atoms with Crippen molar-refractivity contribution in [2.45, 2.75) is 45.4 Å². The molecular formula is C27H30ClNO4. The predicted molar refractivity (Wildman–Crippen MR) is 131 cm³/mol. The fourth-order valence-electron chi connectivity index (χ4n) is 3.47. The maximum atomic E-state index is 12.3. The lowest BCUT2D eigenvalue weighted by Gasteiger charge is -2.20. The molecular weight excluding hydrogens is 438 g/mol. The number of carbonyl (C=O) groups is 1. The van der Waals surface area contributed by atoms with Crippen LogP contribution in [-0.2, 0) is 22.6 Å². The molecule has 0 aliphatic carbocycles. The standard InChI is InChI=1S/C27H30ClNO4/c1-27(2,3)33-25(31)15-20-9-4-5-13-24(20)32-17-18-8-6-10-19(14-18)21-11-7-12-22(26(21)28)23(29)16-30/h4-14,23,30H,15-17,29H2,1-3H3/t23-/m1/s1. The number of ether oxygens (including phenoxy) is 2. The zero-order valence-corrected chi connectivity index (χ0v) is 19.9. The van der Waals surface area contributed by atoms with E-state index in [2.05, 4.69) is 0 Å². The number of benzene rings is 3. The van der Waals surface area contributed by atoms with Crippen LogP contribution in [0.3, 0.4) is 0 Å². The number of carbonyl (C=O) groups excluding carboxylic acids is 1. The summed E-state index contributed by atoms with van der Waals surface area (Å²) in [7, 11) is 0. The topological polar surface area (TPSA) is 81.8 Å². The van der Waals surface area contributed by atoms with E-state index in [0.717, 1.165) is 22.3 Å². The average molecular weight is 468 g/mol. The number of hydrogen-bond donors (Lipinski definition) is 2. The van der Waals surface area contributed by atoms with Gasteiger partial charge in [-0.15, -0.1) is 0 Å². The maximum absolute atomic E-state index is 12.3. The molecule has 0 saturated heterocycles. The lowest BCUT2D eigenvalue weighted by Crippen LogP contribution is -2.25. The summed E-state index contributed by atoms with van der Waals surface area (Å²) in [4.78, 5) is 12.3. The normalized spacial score (nSPS) is 12.3. The summed E-state index contributed by atoms with van der Waals surface area (Å²) < 4.78 is 11.5. The van der Waals surface area contributed by atoms with E-state index < -0.39 is 11.6 Å². The van der Waals surface area contributed by atoms with Gasteiger partial charge in [0.2, 0.25) is 0 Å². The summed E-state index contributed by atoms with van der Waals surface area (Å²) in [5, 5.41) is 9.93. The Morgan fingerprint density at radius 1 is 1.06 bits per heavy atom. The highest BCUT2D eigenvalue weighted by Gasteiger charge is 2.18. The van der Waals surface area contributed by atoms with Gasteiger partial charge in [0.25, 0.3) is 0 Å². The van der Waals surface area contributed by atoms with Gasteiger partial charge in [0.15, 0.2) is 0 Å². The van der Waals surface area contributed by atoms with Crippen LogP contribution in [0.25, 0.3) is 11.1 Å². The molecule has 0 radical (unpaired) electrons. The molecule has 6 heteroatoms. The van der Waals surface area contributed by atoms with E-state index in [4.69, 9.17) is 26.8 Å². The largest absolute Gasteiger partial charge is 0.489 e. The van der Waals surface area contributed by atoms with E-state index in [-0.39, 0.29) is 19.0 Å². The van der Waals surface area contributed by atoms with Crippen molar-refractivity contribution in [1.29, 1.82) is 0 Å². The van der Waals surface area contributed by atoms with Gasteiger partial charge < -0.3 is 20.3 Å². The summed E-state index contributed by atoms with van der Waals surface area (Å²) in [5.74, 6) is 0.346. The van der Waals surface area contributed by atoms with E-state index in [1.165, 1.54) is 0 Å². The van der Waals surface area contributed by atoms with Gasteiger partial charge in [-0.2, -0.15) is 0 Å². The summed E-state index contributed by atoms with van der Waals surface area (Å²) in [6, 6.07) is 20.4. The molecule has 1 atom stereocenters. The Balaban J connectivity index is 1.76. The molecule has 0 bridgehead atoms. The predicted octanol–water partition coefficient (Wildman–Crippen LogP) is 5.46. The van der Waals surface area contributed by atoms with Gasteiger partial charge in [0.05, 0.1) is 24.1 Å². The highest BCUT2D eigenvalue weighted by atomic mass is 35.5. The fourth-order valence-corrected chi connectivity index (χ4v) is 3.85. The number of aliphatic hydroxyl groups excluding tert-OH is 1. The first-order chi connectivity index (χ1) is 15.7. The van der Waals surface area contributed by atoms with Crippen molar-refractivity contribution in [1.82, 2.24) is 0 Å². The van der Waals surface area contributed by atoms with Crippen LogP contribution in [-0.4, -0.2) is 23.3 Å². The quantitative estimate of drug-likeness (QED) is 0.430. The number of para-hydroxylation sites is 1. The summed E-state index contributed by atoms with van der Waals surface area (Å²) >= 11 is 6.59. The second-order valence-corrected chi connectivity index (χ2v) is 9.24. The number of rotatable bonds is 8. The summed E-state index contributed by atoms with van der Waals surface area (Å²) in [6.07, 6.45) is 0.140. The molecule has 5 nitrogen and oxygen atoms in total. The molecule has 0 unspecified atom stereocenters. The van der Waals surface area contributed by atoms with Gasteiger partial charge in [-0.05, 0) is 49.6 Å². The molecule has 3 aromatic rings.